The topological polar surface area (TPSA) is 83.5 Å². The van der Waals surface area contributed by atoms with Gasteiger partial charge in [-0.05, 0) is 31.0 Å². The summed E-state index contributed by atoms with van der Waals surface area (Å²) in [5.41, 5.74) is -0.0410. The van der Waals surface area contributed by atoms with E-state index in [1.165, 1.54) is 12.1 Å². The SMILES string of the molecule is O=C(CS(=O)c1cc(Br)ccc1C(=O)O)NC1CC1. The van der Waals surface area contributed by atoms with Crippen molar-refractivity contribution in [2.45, 2.75) is 23.8 Å². The third-order valence-corrected chi connectivity index (χ3v) is 4.47. The Morgan fingerprint density at radius 2 is 2.11 bits per heavy atom. The van der Waals surface area contributed by atoms with Crippen LogP contribution in [-0.2, 0) is 15.6 Å². The minimum absolute atomic E-state index is 0.0410. The van der Waals surface area contributed by atoms with Crippen LogP contribution in [0.2, 0.25) is 0 Å². The van der Waals surface area contributed by atoms with Gasteiger partial charge in [0.2, 0.25) is 5.91 Å². The first-order valence-electron chi connectivity index (χ1n) is 5.68. The zero-order chi connectivity index (χ0) is 14.0. The molecule has 7 heteroatoms. The molecule has 2 N–H and O–H groups in total. The van der Waals surface area contributed by atoms with Crippen molar-refractivity contribution in [2.24, 2.45) is 0 Å². The summed E-state index contributed by atoms with van der Waals surface area (Å²) in [5, 5.41) is 11.8. The number of hydrogen-bond donors (Lipinski definition) is 2. The number of carbonyl (C=O) groups excluding carboxylic acids is 1. The number of nitrogens with one attached hydrogen (secondary N) is 1. The van der Waals surface area contributed by atoms with Crippen LogP contribution in [0, 0.1) is 0 Å². The van der Waals surface area contributed by atoms with Gasteiger partial charge in [0.05, 0.1) is 21.3 Å². The van der Waals surface area contributed by atoms with Crippen LogP contribution in [0.3, 0.4) is 0 Å². The first-order valence-corrected chi connectivity index (χ1v) is 7.79. The van der Waals surface area contributed by atoms with Gasteiger partial charge in [-0.15, -0.1) is 0 Å². The summed E-state index contributed by atoms with van der Waals surface area (Å²) in [4.78, 5) is 22.8. The van der Waals surface area contributed by atoms with Crippen LogP contribution in [0.15, 0.2) is 27.6 Å². The Hall–Kier alpha value is -1.21. The van der Waals surface area contributed by atoms with E-state index >= 15 is 0 Å². The van der Waals surface area contributed by atoms with Crippen LogP contribution < -0.4 is 5.32 Å². The van der Waals surface area contributed by atoms with Gasteiger partial charge in [-0.1, -0.05) is 15.9 Å². The second-order valence-corrected chi connectivity index (χ2v) is 6.61. The fourth-order valence-corrected chi connectivity index (χ4v) is 3.20. The molecule has 1 unspecified atom stereocenters. The van der Waals surface area contributed by atoms with Gasteiger partial charge in [0.1, 0.15) is 5.75 Å². The Balaban J connectivity index is 2.14. The fraction of sp³-hybridized carbons (Fsp3) is 0.333. The number of aromatic carboxylic acids is 1. The summed E-state index contributed by atoms with van der Waals surface area (Å²) in [6.07, 6.45) is 1.91. The number of amides is 1. The summed E-state index contributed by atoms with van der Waals surface area (Å²) in [6, 6.07) is 4.61. The lowest BCUT2D eigenvalue weighted by Gasteiger charge is -2.07. The molecule has 2 rings (SSSR count). The Labute approximate surface area is 121 Å². The molecule has 1 amide bonds. The van der Waals surface area contributed by atoms with Gasteiger partial charge in [0, 0.05) is 10.5 Å². The van der Waals surface area contributed by atoms with E-state index in [0.29, 0.717) is 4.47 Å². The summed E-state index contributed by atoms with van der Waals surface area (Å²) in [7, 11) is -1.67. The lowest BCUT2D eigenvalue weighted by Crippen LogP contribution is -2.30. The number of carboxylic acids is 1. The van der Waals surface area contributed by atoms with E-state index in [9.17, 15) is 13.8 Å². The lowest BCUT2D eigenvalue weighted by atomic mass is 10.2. The van der Waals surface area contributed by atoms with Gasteiger partial charge < -0.3 is 10.4 Å². The molecule has 0 aliphatic heterocycles. The van der Waals surface area contributed by atoms with Crippen LogP contribution >= 0.6 is 15.9 Å². The fourth-order valence-electron chi connectivity index (χ4n) is 1.56. The number of rotatable bonds is 5. The second kappa shape index (κ2) is 5.83. The molecule has 1 aliphatic carbocycles. The van der Waals surface area contributed by atoms with Crippen molar-refractivity contribution in [1.82, 2.24) is 5.32 Å². The monoisotopic (exact) mass is 345 g/mol. The van der Waals surface area contributed by atoms with E-state index in [1.54, 1.807) is 6.07 Å². The minimum Gasteiger partial charge on any atom is -0.478 e. The smallest absolute Gasteiger partial charge is 0.336 e. The molecule has 0 aromatic heterocycles. The molecule has 5 nitrogen and oxygen atoms in total. The van der Waals surface area contributed by atoms with Gasteiger partial charge in [-0.3, -0.25) is 9.00 Å². The number of carbonyl (C=O) groups is 2. The Bertz CT molecular complexity index is 557. The predicted molar refractivity (Wildman–Crippen MR) is 73.5 cm³/mol. The average molecular weight is 346 g/mol. The maximum atomic E-state index is 12.1. The molecule has 1 saturated carbocycles. The first-order chi connectivity index (χ1) is 8.97. The van der Waals surface area contributed by atoms with Crippen LogP contribution in [0.4, 0.5) is 0 Å². The standard InChI is InChI=1S/C12H12BrNO4S/c13-7-1-4-9(12(16)17)10(5-7)19(18)6-11(15)14-8-2-3-8/h1,4-5,8H,2-3,6H2,(H,14,15)(H,16,17). The van der Waals surface area contributed by atoms with Crippen molar-refractivity contribution in [1.29, 1.82) is 0 Å². The molecule has 1 aromatic carbocycles. The molecule has 0 spiro atoms. The normalized spacial score (nSPS) is 15.8. The van der Waals surface area contributed by atoms with Gasteiger partial charge in [0.15, 0.2) is 0 Å². The van der Waals surface area contributed by atoms with Crippen LogP contribution in [-0.4, -0.2) is 33.0 Å². The highest BCUT2D eigenvalue weighted by Crippen LogP contribution is 2.21. The molecule has 0 saturated heterocycles. The molecule has 1 aromatic rings. The summed E-state index contributed by atoms with van der Waals surface area (Å²) >= 11 is 3.20. The average Bonchev–Trinajstić information content (AvgIpc) is 3.12. The maximum Gasteiger partial charge on any atom is 0.336 e. The molecule has 19 heavy (non-hydrogen) atoms. The highest BCUT2D eigenvalue weighted by molar-refractivity contribution is 9.10. The van der Waals surface area contributed by atoms with Gasteiger partial charge in [-0.25, -0.2) is 4.79 Å². The first kappa shape index (κ1) is 14.2. The second-order valence-electron chi connectivity index (χ2n) is 4.28. The third-order valence-electron chi connectivity index (χ3n) is 2.62. The molecular formula is C12H12BrNO4S. The number of carboxylic acid groups (broad SMARTS) is 1. The Morgan fingerprint density at radius 3 is 2.68 bits per heavy atom. The largest absolute Gasteiger partial charge is 0.478 e. The highest BCUT2D eigenvalue weighted by atomic mass is 79.9. The predicted octanol–water partition coefficient (Wildman–Crippen LogP) is 1.53. The number of halogens is 1. The van der Waals surface area contributed by atoms with Crippen molar-refractivity contribution in [3.8, 4) is 0 Å². The van der Waals surface area contributed by atoms with E-state index < -0.39 is 16.8 Å². The van der Waals surface area contributed by atoms with Crippen molar-refractivity contribution in [3.63, 3.8) is 0 Å². The lowest BCUT2D eigenvalue weighted by molar-refractivity contribution is -0.118. The van der Waals surface area contributed by atoms with Crippen molar-refractivity contribution in [2.75, 3.05) is 5.75 Å². The van der Waals surface area contributed by atoms with Gasteiger partial charge in [-0.2, -0.15) is 0 Å². The highest BCUT2D eigenvalue weighted by Gasteiger charge is 2.25. The van der Waals surface area contributed by atoms with E-state index in [0.717, 1.165) is 12.8 Å². The Morgan fingerprint density at radius 1 is 1.42 bits per heavy atom. The molecule has 0 radical (unpaired) electrons. The van der Waals surface area contributed by atoms with E-state index in [1.807, 2.05) is 0 Å². The molecule has 102 valence electrons. The zero-order valence-electron chi connectivity index (χ0n) is 9.89. The zero-order valence-corrected chi connectivity index (χ0v) is 12.3. The quantitative estimate of drug-likeness (QED) is 0.847. The van der Waals surface area contributed by atoms with Crippen molar-refractivity contribution in [3.05, 3.63) is 28.2 Å². The minimum atomic E-state index is -1.67. The van der Waals surface area contributed by atoms with E-state index in [-0.39, 0.29) is 28.2 Å². The van der Waals surface area contributed by atoms with Gasteiger partial charge in [0.25, 0.3) is 0 Å². The molecule has 1 fully saturated rings. The summed E-state index contributed by atoms with van der Waals surface area (Å²) in [6.45, 7) is 0. The van der Waals surface area contributed by atoms with Gasteiger partial charge >= 0.3 is 5.97 Å². The third kappa shape index (κ3) is 3.87. The summed E-state index contributed by atoms with van der Waals surface area (Å²) < 4.78 is 12.7. The van der Waals surface area contributed by atoms with Crippen LogP contribution in [0.25, 0.3) is 0 Å². The molecule has 0 bridgehead atoms. The van der Waals surface area contributed by atoms with Crippen LogP contribution in [0.1, 0.15) is 23.2 Å². The molecule has 1 atom stereocenters. The van der Waals surface area contributed by atoms with Crippen LogP contribution in [0.5, 0.6) is 0 Å². The molecular weight excluding hydrogens is 334 g/mol. The number of hydrogen-bond acceptors (Lipinski definition) is 3. The molecule has 1 aliphatic rings. The summed E-state index contributed by atoms with van der Waals surface area (Å²) in [5.74, 6) is -1.68. The van der Waals surface area contributed by atoms with Crippen molar-refractivity contribution < 1.29 is 18.9 Å². The number of benzene rings is 1. The van der Waals surface area contributed by atoms with E-state index in [4.69, 9.17) is 5.11 Å². The molecule has 0 heterocycles. The van der Waals surface area contributed by atoms with Crippen molar-refractivity contribution >= 4 is 38.6 Å². The van der Waals surface area contributed by atoms with E-state index in [2.05, 4.69) is 21.2 Å². The maximum absolute atomic E-state index is 12.1. The Kier molecular flexibility index (Phi) is 4.36.